The van der Waals surface area contributed by atoms with Crippen LogP contribution in [0, 0.1) is 5.92 Å². The SMILES string of the molecule is CCCCCCC(C)C(=O)O.O=C(O)N1CCNCC1. The van der Waals surface area contributed by atoms with Crippen molar-refractivity contribution in [1.82, 2.24) is 10.2 Å². The molecule has 1 heterocycles. The summed E-state index contributed by atoms with van der Waals surface area (Å²) in [6, 6.07) is 0. The molecule has 1 aliphatic heterocycles. The zero-order valence-electron chi connectivity index (χ0n) is 12.6. The van der Waals surface area contributed by atoms with E-state index in [1.807, 2.05) is 0 Å². The number of carboxylic acid groups (broad SMARTS) is 2. The van der Waals surface area contributed by atoms with Crippen molar-refractivity contribution in [2.24, 2.45) is 5.92 Å². The van der Waals surface area contributed by atoms with Crippen LogP contribution in [0.1, 0.15) is 46.0 Å². The molecule has 20 heavy (non-hydrogen) atoms. The van der Waals surface area contributed by atoms with Crippen LogP contribution in [0.15, 0.2) is 0 Å². The van der Waals surface area contributed by atoms with Gasteiger partial charge in [0.2, 0.25) is 0 Å². The zero-order valence-corrected chi connectivity index (χ0v) is 12.6. The summed E-state index contributed by atoms with van der Waals surface area (Å²) >= 11 is 0. The van der Waals surface area contributed by atoms with Gasteiger partial charge in [-0.25, -0.2) is 4.79 Å². The lowest BCUT2D eigenvalue weighted by Gasteiger charge is -2.23. The smallest absolute Gasteiger partial charge is 0.407 e. The maximum absolute atomic E-state index is 10.4. The number of amides is 1. The number of hydrogen-bond donors (Lipinski definition) is 3. The number of carboxylic acids is 1. The monoisotopic (exact) mass is 288 g/mol. The van der Waals surface area contributed by atoms with Crippen LogP contribution < -0.4 is 5.32 Å². The number of unbranched alkanes of at least 4 members (excludes halogenated alkanes) is 3. The van der Waals surface area contributed by atoms with Gasteiger partial charge < -0.3 is 20.4 Å². The summed E-state index contributed by atoms with van der Waals surface area (Å²) in [6.07, 6.45) is 4.69. The van der Waals surface area contributed by atoms with Gasteiger partial charge in [0.25, 0.3) is 0 Å². The largest absolute Gasteiger partial charge is 0.481 e. The standard InChI is InChI=1S/C9H18O2.C5H10N2O2/c1-3-4-5-6-7-8(2)9(10)11;8-5(9)7-3-1-6-2-4-7/h8H,3-7H2,1-2H3,(H,10,11);6H,1-4H2,(H,8,9). The molecule has 0 aromatic rings. The van der Waals surface area contributed by atoms with Crippen molar-refractivity contribution in [3.8, 4) is 0 Å². The Morgan fingerprint density at radius 2 is 1.75 bits per heavy atom. The number of rotatable bonds is 6. The first kappa shape index (κ1) is 18.7. The van der Waals surface area contributed by atoms with Gasteiger partial charge in [-0.2, -0.15) is 0 Å². The molecule has 1 fully saturated rings. The third kappa shape index (κ3) is 9.61. The summed E-state index contributed by atoms with van der Waals surface area (Å²) in [6.45, 7) is 6.73. The van der Waals surface area contributed by atoms with Gasteiger partial charge >= 0.3 is 12.1 Å². The molecular weight excluding hydrogens is 260 g/mol. The second-order valence-corrected chi connectivity index (χ2v) is 5.11. The molecule has 0 bridgehead atoms. The molecule has 1 rings (SSSR count). The molecule has 0 saturated carbocycles. The Kier molecular flexibility index (Phi) is 10.8. The summed E-state index contributed by atoms with van der Waals surface area (Å²) in [5.74, 6) is -0.826. The third-order valence-electron chi connectivity index (χ3n) is 3.30. The van der Waals surface area contributed by atoms with Crippen molar-refractivity contribution >= 4 is 12.1 Å². The van der Waals surface area contributed by atoms with Crippen molar-refractivity contribution in [3.05, 3.63) is 0 Å². The van der Waals surface area contributed by atoms with Gasteiger partial charge in [0.15, 0.2) is 0 Å². The lowest BCUT2D eigenvalue weighted by molar-refractivity contribution is -0.141. The molecule has 6 nitrogen and oxygen atoms in total. The fourth-order valence-corrected chi connectivity index (χ4v) is 1.86. The highest BCUT2D eigenvalue weighted by Crippen LogP contribution is 2.09. The highest BCUT2D eigenvalue weighted by molar-refractivity contribution is 5.69. The zero-order chi connectivity index (χ0) is 15.4. The molecule has 1 amide bonds. The van der Waals surface area contributed by atoms with Crippen LogP contribution in [0.25, 0.3) is 0 Å². The lowest BCUT2D eigenvalue weighted by atomic mass is 10.0. The Morgan fingerprint density at radius 3 is 2.15 bits per heavy atom. The maximum Gasteiger partial charge on any atom is 0.407 e. The minimum atomic E-state index is -0.809. The molecule has 1 atom stereocenters. The minimum absolute atomic E-state index is 0.160. The summed E-state index contributed by atoms with van der Waals surface area (Å²) in [5, 5.41) is 20.0. The van der Waals surface area contributed by atoms with E-state index >= 15 is 0 Å². The summed E-state index contributed by atoms with van der Waals surface area (Å²) in [5.41, 5.74) is 0. The topological polar surface area (TPSA) is 89.9 Å². The summed E-state index contributed by atoms with van der Waals surface area (Å²) in [4.78, 5) is 22.0. The predicted molar refractivity (Wildman–Crippen MR) is 78.0 cm³/mol. The number of piperazine rings is 1. The second-order valence-electron chi connectivity index (χ2n) is 5.11. The number of nitrogens with one attached hydrogen (secondary N) is 1. The molecule has 0 aromatic carbocycles. The Hall–Kier alpha value is -1.30. The Balaban J connectivity index is 0.000000367. The van der Waals surface area contributed by atoms with E-state index in [9.17, 15) is 9.59 Å². The molecule has 1 unspecified atom stereocenters. The first-order valence-corrected chi connectivity index (χ1v) is 7.40. The van der Waals surface area contributed by atoms with E-state index in [1.165, 1.54) is 24.2 Å². The van der Waals surface area contributed by atoms with Crippen molar-refractivity contribution in [1.29, 1.82) is 0 Å². The van der Waals surface area contributed by atoms with Crippen LogP contribution >= 0.6 is 0 Å². The Labute approximate surface area is 121 Å². The molecule has 1 aliphatic rings. The van der Waals surface area contributed by atoms with Gasteiger partial charge in [0.05, 0.1) is 5.92 Å². The molecule has 0 aromatic heterocycles. The second kappa shape index (κ2) is 11.5. The number of aliphatic carboxylic acids is 1. The van der Waals surface area contributed by atoms with E-state index in [2.05, 4.69) is 12.2 Å². The van der Waals surface area contributed by atoms with E-state index in [0.29, 0.717) is 13.1 Å². The third-order valence-corrected chi connectivity index (χ3v) is 3.30. The van der Waals surface area contributed by atoms with E-state index < -0.39 is 12.1 Å². The Bertz CT molecular complexity index is 278. The van der Waals surface area contributed by atoms with Crippen molar-refractivity contribution < 1.29 is 19.8 Å². The van der Waals surface area contributed by atoms with Gasteiger partial charge in [-0.05, 0) is 6.42 Å². The number of hydrogen-bond acceptors (Lipinski definition) is 3. The first-order chi connectivity index (χ1) is 9.49. The lowest BCUT2D eigenvalue weighted by Crippen LogP contribution is -2.45. The normalized spacial score (nSPS) is 16.0. The highest BCUT2D eigenvalue weighted by atomic mass is 16.4. The molecule has 0 aliphatic carbocycles. The highest BCUT2D eigenvalue weighted by Gasteiger charge is 2.13. The van der Waals surface area contributed by atoms with Gasteiger partial charge in [-0.1, -0.05) is 39.5 Å². The van der Waals surface area contributed by atoms with Gasteiger partial charge in [-0.3, -0.25) is 4.79 Å². The molecule has 0 spiro atoms. The van der Waals surface area contributed by atoms with Gasteiger partial charge in [0.1, 0.15) is 0 Å². The molecule has 3 N–H and O–H groups in total. The number of nitrogens with zero attached hydrogens (tertiary/aromatic N) is 1. The van der Waals surface area contributed by atoms with Crippen molar-refractivity contribution in [2.45, 2.75) is 46.0 Å². The predicted octanol–water partition coefficient (Wildman–Crippen LogP) is 2.25. The fourth-order valence-electron chi connectivity index (χ4n) is 1.86. The van der Waals surface area contributed by atoms with E-state index in [-0.39, 0.29) is 5.92 Å². The molecular formula is C14H28N2O4. The fraction of sp³-hybridized carbons (Fsp3) is 0.857. The van der Waals surface area contributed by atoms with E-state index in [0.717, 1.165) is 25.9 Å². The molecule has 118 valence electrons. The van der Waals surface area contributed by atoms with Gasteiger partial charge in [0, 0.05) is 26.2 Å². The minimum Gasteiger partial charge on any atom is -0.481 e. The average Bonchev–Trinajstić information content (AvgIpc) is 2.45. The van der Waals surface area contributed by atoms with Crippen LogP contribution in [0.4, 0.5) is 4.79 Å². The molecule has 1 saturated heterocycles. The first-order valence-electron chi connectivity index (χ1n) is 7.40. The van der Waals surface area contributed by atoms with Crippen LogP contribution in [-0.2, 0) is 4.79 Å². The average molecular weight is 288 g/mol. The van der Waals surface area contributed by atoms with Gasteiger partial charge in [-0.15, -0.1) is 0 Å². The maximum atomic E-state index is 10.4. The van der Waals surface area contributed by atoms with Crippen LogP contribution in [0.2, 0.25) is 0 Å². The van der Waals surface area contributed by atoms with Crippen molar-refractivity contribution in [3.63, 3.8) is 0 Å². The molecule has 6 heteroatoms. The van der Waals surface area contributed by atoms with Crippen molar-refractivity contribution in [2.75, 3.05) is 26.2 Å². The summed E-state index contributed by atoms with van der Waals surface area (Å²) < 4.78 is 0. The van der Waals surface area contributed by atoms with Crippen LogP contribution in [-0.4, -0.2) is 53.4 Å². The van der Waals surface area contributed by atoms with Crippen LogP contribution in [0.3, 0.4) is 0 Å². The van der Waals surface area contributed by atoms with E-state index in [4.69, 9.17) is 10.2 Å². The quantitative estimate of drug-likeness (QED) is 0.652. The molecule has 0 radical (unpaired) electrons. The Morgan fingerprint density at radius 1 is 1.15 bits per heavy atom. The summed E-state index contributed by atoms with van der Waals surface area (Å²) in [7, 11) is 0. The van der Waals surface area contributed by atoms with Crippen LogP contribution in [0.5, 0.6) is 0 Å². The van der Waals surface area contributed by atoms with E-state index in [1.54, 1.807) is 6.92 Å². The number of carbonyl (C=O) groups is 2.